The molecule has 1 aromatic heterocycles. The number of carbonyl (C=O) groups is 1. The van der Waals surface area contributed by atoms with Gasteiger partial charge >= 0.3 is 0 Å². The maximum absolute atomic E-state index is 12.2. The number of amides is 1. The van der Waals surface area contributed by atoms with E-state index >= 15 is 0 Å². The molecule has 1 N–H and O–H groups in total. The van der Waals surface area contributed by atoms with Crippen molar-refractivity contribution in [2.45, 2.75) is 31.2 Å². The molecule has 1 atom stereocenters. The summed E-state index contributed by atoms with van der Waals surface area (Å²) < 4.78 is 0. The average Bonchev–Trinajstić information content (AvgIpc) is 2.97. The molecule has 1 aromatic carbocycles. The maximum atomic E-state index is 12.2. The van der Waals surface area contributed by atoms with Crippen molar-refractivity contribution in [1.82, 2.24) is 14.9 Å². The fourth-order valence-corrected chi connectivity index (χ4v) is 3.00. The van der Waals surface area contributed by atoms with Gasteiger partial charge in [-0.15, -0.1) is 0 Å². The van der Waals surface area contributed by atoms with Gasteiger partial charge in [0, 0.05) is 13.1 Å². The number of aromatic nitrogens is 2. The SMILES string of the molecule is CCN(CC)C(=O)C(C)Sc1ncc(-c2ccccc2)[nH]1. The Bertz CT molecular complexity index is 578. The van der Waals surface area contributed by atoms with Crippen molar-refractivity contribution in [3.8, 4) is 11.3 Å². The van der Waals surface area contributed by atoms with Crippen molar-refractivity contribution >= 4 is 17.7 Å². The van der Waals surface area contributed by atoms with Gasteiger partial charge in [0.15, 0.2) is 5.16 Å². The summed E-state index contributed by atoms with van der Waals surface area (Å²) in [6, 6.07) is 10.0. The molecule has 5 heteroatoms. The Morgan fingerprint density at radius 3 is 2.57 bits per heavy atom. The quantitative estimate of drug-likeness (QED) is 0.832. The van der Waals surface area contributed by atoms with Gasteiger partial charge < -0.3 is 9.88 Å². The van der Waals surface area contributed by atoms with Crippen LogP contribution in [0.4, 0.5) is 0 Å². The van der Waals surface area contributed by atoms with E-state index in [1.807, 2.05) is 62.2 Å². The molecule has 1 heterocycles. The van der Waals surface area contributed by atoms with Crippen LogP contribution in [0, 0.1) is 0 Å². The first kappa shape index (κ1) is 15.6. The second kappa shape index (κ2) is 7.31. The minimum absolute atomic E-state index is 0.139. The zero-order valence-electron chi connectivity index (χ0n) is 12.7. The van der Waals surface area contributed by atoms with Crippen molar-refractivity contribution in [1.29, 1.82) is 0 Å². The number of carbonyl (C=O) groups excluding carboxylic acids is 1. The fourth-order valence-electron chi connectivity index (χ4n) is 2.14. The number of nitrogens with one attached hydrogen (secondary N) is 1. The molecule has 0 spiro atoms. The molecule has 4 nitrogen and oxygen atoms in total. The summed E-state index contributed by atoms with van der Waals surface area (Å²) in [6.07, 6.45) is 1.81. The normalized spacial score (nSPS) is 12.1. The zero-order valence-corrected chi connectivity index (χ0v) is 13.5. The summed E-state index contributed by atoms with van der Waals surface area (Å²) in [5.74, 6) is 0.155. The Labute approximate surface area is 130 Å². The highest BCUT2D eigenvalue weighted by molar-refractivity contribution is 8.00. The lowest BCUT2D eigenvalue weighted by molar-refractivity contribution is -0.129. The molecule has 2 rings (SSSR count). The van der Waals surface area contributed by atoms with E-state index in [0.717, 1.165) is 29.5 Å². The first-order chi connectivity index (χ1) is 10.2. The van der Waals surface area contributed by atoms with E-state index in [1.54, 1.807) is 0 Å². The van der Waals surface area contributed by atoms with Gasteiger partial charge in [0.25, 0.3) is 0 Å². The molecule has 0 aliphatic heterocycles. The van der Waals surface area contributed by atoms with Crippen LogP contribution in [-0.4, -0.2) is 39.1 Å². The second-order valence-electron chi connectivity index (χ2n) is 4.74. The number of imidazole rings is 1. The number of nitrogens with zero attached hydrogens (tertiary/aromatic N) is 2. The van der Waals surface area contributed by atoms with Gasteiger partial charge in [-0.05, 0) is 26.3 Å². The van der Waals surface area contributed by atoms with Gasteiger partial charge in [-0.1, -0.05) is 42.1 Å². The van der Waals surface area contributed by atoms with Crippen molar-refractivity contribution in [2.75, 3.05) is 13.1 Å². The first-order valence-corrected chi connectivity index (χ1v) is 8.09. The first-order valence-electron chi connectivity index (χ1n) is 7.21. The fraction of sp³-hybridized carbons (Fsp3) is 0.375. The highest BCUT2D eigenvalue weighted by atomic mass is 32.2. The molecule has 1 unspecified atom stereocenters. The molecule has 0 fully saturated rings. The Morgan fingerprint density at radius 2 is 1.95 bits per heavy atom. The lowest BCUT2D eigenvalue weighted by Gasteiger charge is -2.21. The van der Waals surface area contributed by atoms with E-state index in [4.69, 9.17) is 0 Å². The number of H-pyrrole nitrogens is 1. The number of aromatic amines is 1. The Morgan fingerprint density at radius 1 is 1.29 bits per heavy atom. The van der Waals surface area contributed by atoms with Gasteiger partial charge in [0.1, 0.15) is 0 Å². The van der Waals surface area contributed by atoms with Gasteiger partial charge in [0.2, 0.25) is 5.91 Å². The lowest BCUT2D eigenvalue weighted by atomic mass is 10.2. The van der Waals surface area contributed by atoms with Crippen LogP contribution in [0.1, 0.15) is 20.8 Å². The van der Waals surface area contributed by atoms with Crippen molar-refractivity contribution in [2.24, 2.45) is 0 Å². The van der Waals surface area contributed by atoms with Crippen LogP contribution in [0.5, 0.6) is 0 Å². The average molecular weight is 303 g/mol. The number of thioether (sulfide) groups is 1. The molecule has 0 bridgehead atoms. The maximum Gasteiger partial charge on any atom is 0.235 e. The molecule has 112 valence electrons. The van der Waals surface area contributed by atoms with Gasteiger partial charge in [0.05, 0.1) is 17.1 Å². The van der Waals surface area contributed by atoms with E-state index in [1.165, 1.54) is 11.8 Å². The van der Waals surface area contributed by atoms with E-state index in [0.29, 0.717) is 0 Å². The van der Waals surface area contributed by atoms with E-state index in [9.17, 15) is 4.79 Å². The lowest BCUT2D eigenvalue weighted by Crippen LogP contribution is -2.36. The predicted octanol–water partition coefficient (Wildman–Crippen LogP) is 3.43. The standard InChI is InChI=1S/C16H21N3OS/c1-4-19(5-2)15(20)12(3)21-16-17-11-14(18-16)13-9-7-6-8-10-13/h6-12H,4-5H2,1-3H3,(H,17,18). The van der Waals surface area contributed by atoms with Crippen LogP contribution in [0.25, 0.3) is 11.3 Å². The summed E-state index contributed by atoms with van der Waals surface area (Å²) in [5, 5.41) is 0.640. The van der Waals surface area contributed by atoms with Gasteiger partial charge in [-0.3, -0.25) is 4.79 Å². The molecule has 0 aliphatic carbocycles. The van der Waals surface area contributed by atoms with Gasteiger partial charge in [-0.25, -0.2) is 4.98 Å². The second-order valence-corrected chi connectivity index (χ2v) is 6.07. The van der Waals surface area contributed by atoms with E-state index in [2.05, 4.69) is 9.97 Å². The summed E-state index contributed by atoms with van der Waals surface area (Å²) in [5.41, 5.74) is 2.07. The molecule has 21 heavy (non-hydrogen) atoms. The van der Waals surface area contributed by atoms with Crippen molar-refractivity contribution in [3.05, 3.63) is 36.5 Å². The summed E-state index contributed by atoms with van der Waals surface area (Å²) >= 11 is 1.47. The van der Waals surface area contributed by atoms with E-state index in [-0.39, 0.29) is 11.2 Å². The Kier molecular flexibility index (Phi) is 5.44. The number of hydrogen-bond donors (Lipinski definition) is 1. The molecule has 0 saturated carbocycles. The van der Waals surface area contributed by atoms with E-state index < -0.39 is 0 Å². The Hall–Kier alpha value is -1.75. The third-order valence-electron chi connectivity index (χ3n) is 3.35. The minimum Gasteiger partial charge on any atom is -0.342 e. The molecule has 2 aromatic rings. The highest BCUT2D eigenvalue weighted by Gasteiger charge is 2.20. The largest absolute Gasteiger partial charge is 0.342 e. The van der Waals surface area contributed by atoms with Crippen LogP contribution in [-0.2, 0) is 4.79 Å². The summed E-state index contributed by atoms with van der Waals surface area (Å²) in [7, 11) is 0. The third-order valence-corrected chi connectivity index (χ3v) is 4.33. The number of benzene rings is 1. The minimum atomic E-state index is -0.139. The molecular weight excluding hydrogens is 282 g/mol. The van der Waals surface area contributed by atoms with Crippen molar-refractivity contribution in [3.63, 3.8) is 0 Å². The molecule has 0 aliphatic rings. The molecular formula is C16H21N3OS. The predicted molar refractivity (Wildman–Crippen MR) is 87.3 cm³/mol. The van der Waals surface area contributed by atoms with Crippen LogP contribution in [0.15, 0.2) is 41.7 Å². The number of rotatable bonds is 6. The molecule has 1 amide bonds. The smallest absolute Gasteiger partial charge is 0.235 e. The Balaban J connectivity index is 2.04. The van der Waals surface area contributed by atoms with Crippen LogP contribution in [0.2, 0.25) is 0 Å². The molecule has 0 radical (unpaired) electrons. The topological polar surface area (TPSA) is 49.0 Å². The number of hydrogen-bond acceptors (Lipinski definition) is 3. The summed E-state index contributed by atoms with van der Waals surface area (Å²) in [6.45, 7) is 7.41. The monoisotopic (exact) mass is 303 g/mol. The van der Waals surface area contributed by atoms with Crippen molar-refractivity contribution < 1.29 is 4.79 Å². The van der Waals surface area contributed by atoms with Crippen LogP contribution < -0.4 is 0 Å². The third kappa shape index (κ3) is 3.88. The highest BCUT2D eigenvalue weighted by Crippen LogP contribution is 2.25. The zero-order chi connectivity index (χ0) is 15.2. The molecule has 0 saturated heterocycles. The van der Waals surface area contributed by atoms with Gasteiger partial charge in [-0.2, -0.15) is 0 Å². The summed E-state index contributed by atoms with van der Waals surface area (Å²) in [4.78, 5) is 21.7. The van der Waals surface area contributed by atoms with Crippen LogP contribution >= 0.6 is 11.8 Å². The van der Waals surface area contributed by atoms with Crippen LogP contribution in [0.3, 0.4) is 0 Å².